The fourth-order valence-corrected chi connectivity index (χ4v) is 2.72. The molecular weight excluding hydrogens is 306 g/mol. The van der Waals surface area contributed by atoms with Crippen molar-refractivity contribution in [3.05, 3.63) is 81.8 Å². The predicted molar refractivity (Wildman–Crippen MR) is 90.5 cm³/mol. The maximum atomic E-state index is 12.6. The van der Waals surface area contributed by atoms with Crippen LogP contribution in [0.1, 0.15) is 28.4 Å². The quantitative estimate of drug-likeness (QED) is 0.750. The third-order valence-corrected chi connectivity index (χ3v) is 3.83. The van der Waals surface area contributed by atoms with E-state index in [2.05, 4.69) is 0 Å². The molecule has 1 N–H and O–H groups in total. The number of pyridine rings is 2. The van der Waals surface area contributed by atoms with Crippen molar-refractivity contribution in [2.75, 3.05) is 6.61 Å². The van der Waals surface area contributed by atoms with Crippen LogP contribution in [-0.4, -0.2) is 22.1 Å². The number of carbonyl (C=O) groups excluding carboxylic acids is 1. The van der Waals surface area contributed by atoms with Crippen LogP contribution in [0.15, 0.2) is 59.5 Å². The minimum Gasteiger partial charge on any atom is -0.506 e. The summed E-state index contributed by atoms with van der Waals surface area (Å²) in [5.41, 5.74) is 1.14. The zero-order chi connectivity index (χ0) is 17.1. The first-order valence-corrected chi connectivity index (χ1v) is 7.69. The van der Waals surface area contributed by atoms with Gasteiger partial charge in [0.15, 0.2) is 5.56 Å². The molecule has 0 spiro atoms. The van der Waals surface area contributed by atoms with Gasteiger partial charge in [-0.2, -0.15) is 0 Å². The molecule has 0 fully saturated rings. The lowest BCUT2D eigenvalue weighted by Gasteiger charge is -2.13. The molecule has 5 heteroatoms. The second-order valence-corrected chi connectivity index (χ2v) is 5.35. The Hall–Kier alpha value is -3.08. The average Bonchev–Trinajstić information content (AvgIpc) is 2.60. The number of aromatic hydroxyl groups is 1. The topological polar surface area (TPSA) is 68.0 Å². The van der Waals surface area contributed by atoms with E-state index in [1.165, 1.54) is 4.40 Å². The Morgan fingerprint density at radius 2 is 1.83 bits per heavy atom. The zero-order valence-corrected chi connectivity index (χ0v) is 13.2. The summed E-state index contributed by atoms with van der Waals surface area (Å²) in [4.78, 5) is 24.7. The smallest absolute Gasteiger partial charge is 0.347 e. The van der Waals surface area contributed by atoms with Gasteiger partial charge >= 0.3 is 5.97 Å². The van der Waals surface area contributed by atoms with Gasteiger partial charge in [-0.25, -0.2) is 4.79 Å². The van der Waals surface area contributed by atoms with Crippen molar-refractivity contribution in [1.29, 1.82) is 0 Å². The summed E-state index contributed by atoms with van der Waals surface area (Å²) in [6, 6.07) is 14.8. The normalized spacial score (nSPS) is 10.7. The molecule has 3 rings (SSSR count). The van der Waals surface area contributed by atoms with E-state index in [0.29, 0.717) is 17.5 Å². The Kier molecular flexibility index (Phi) is 4.33. The molecule has 0 aliphatic carbocycles. The zero-order valence-electron chi connectivity index (χ0n) is 13.2. The number of nitrogens with zero attached hydrogens (tertiary/aromatic N) is 1. The molecule has 0 aliphatic heterocycles. The number of ether oxygens (including phenoxy) is 1. The van der Waals surface area contributed by atoms with Gasteiger partial charge in [-0.15, -0.1) is 0 Å². The molecule has 0 bridgehead atoms. The minimum atomic E-state index is -0.812. The lowest BCUT2D eigenvalue weighted by Crippen LogP contribution is -2.25. The highest BCUT2D eigenvalue weighted by Gasteiger charge is 2.23. The number of fused-ring (bicyclic) bond motifs is 1. The third-order valence-electron chi connectivity index (χ3n) is 3.83. The highest BCUT2D eigenvalue weighted by molar-refractivity contribution is 5.93. The van der Waals surface area contributed by atoms with Crippen LogP contribution >= 0.6 is 0 Å². The van der Waals surface area contributed by atoms with Crippen molar-refractivity contribution in [2.45, 2.75) is 13.3 Å². The fraction of sp³-hybridized carbons (Fsp3) is 0.158. The molecule has 0 amide bonds. The van der Waals surface area contributed by atoms with Crippen LogP contribution in [0.3, 0.4) is 0 Å². The summed E-state index contributed by atoms with van der Waals surface area (Å²) in [6.45, 7) is 1.78. The van der Waals surface area contributed by atoms with E-state index >= 15 is 0 Å². The van der Waals surface area contributed by atoms with Crippen molar-refractivity contribution in [3.63, 3.8) is 0 Å². The fourth-order valence-electron chi connectivity index (χ4n) is 2.72. The minimum absolute atomic E-state index is 0.128. The number of esters is 1. The van der Waals surface area contributed by atoms with Gasteiger partial charge < -0.3 is 9.84 Å². The van der Waals surface area contributed by atoms with E-state index in [1.54, 1.807) is 31.3 Å². The first-order chi connectivity index (χ1) is 11.6. The number of carbonyl (C=O) groups is 1. The molecule has 0 radical (unpaired) electrons. The number of benzene rings is 1. The largest absolute Gasteiger partial charge is 0.506 e. The SMILES string of the molecule is CCOC(=O)c1c(O)c(Cc2ccccc2)c2ccccn2c1=O. The summed E-state index contributed by atoms with van der Waals surface area (Å²) in [7, 11) is 0. The standard InChI is InChI=1S/C19H17NO4/c1-2-24-19(23)16-17(21)14(12-13-8-4-3-5-9-13)15-10-6-7-11-20(15)18(16)22/h3-11,21H,2,12H2,1H3. The van der Waals surface area contributed by atoms with Crippen LogP contribution < -0.4 is 5.56 Å². The number of aromatic nitrogens is 1. The van der Waals surface area contributed by atoms with Gasteiger partial charge in [0.25, 0.3) is 5.56 Å². The maximum absolute atomic E-state index is 12.6. The lowest BCUT2D eigenvalue weighted by atomic mass is 10.0. The number of rotatable bonds is 4. The van der Waals surface area contributed by atoms with Crippen LogP contribution in [0.2, 0.25) is 0 Å². The van der Waals surface area contributed by atoms with Crippen molar-refractivity contribution in [1.82, 2.24) is 4.40 Å². The molecule has 0 saturated carbocycles. The Labute approximate surface area is 138 Å². The average molecular weight is 323 g/mol. The molecule has 2 aromatic heterocycles. The van der Waals surface area contributed by atoms with Crippen LogP contribution in [-0.2, 0) is 11.2 Å². The number of hydrogen-bond donors (Lipinski definition) is 1. The molecule has 5 nitrogen and oxygen atoms in total. The molecule has 0 unspecified atom stereocenters. The first kappa shape index (κ1) is 15.8. The van der Waals surface area contributed by atoms with Gasteiger partial charge in [-0.3, -0.25) is 9.20 Å². The Morgan fingerprint density at radius 1 is 1.12 bits per heavy atom. The Balaban J connectivity index is 2.27. The van der Waals surface area contributed by atoms with Crippen molar-refractivity contribution < 1.29 is 14.6 Å². The van der Waals surface area contributed by atoms with Gasteiger partial charge in [-0.05, 0) is 24.6 Å². The highest BCUT2D eigenvalue weighted by Crippen LogP contribution is 2.27. The Morgan fingerprint density at radius 3 is 2.54 bits per heavy atom. The summed E-state index contributed by atoms with van der Waals surface area (Å²) < 4.78 is 6.30. The van der Waals surface area contributed by atoms with Crippen molar-refractivity contribution in [3.8, 4) is 5.75 Å². The summed E-state index contributed by atoms with van der Waals surface area (Å²) in [5, 5.41) is 10.6. The van der Waals surface area contributed by atoms with Crippen LogP contribution in [0.5, 0.6) is 5.75 Å². The molecule has 24 heavy (non-hydrogen) atoms. The first-order valence-electron chi connectivity index (χ1n) is 7.69. The summed E-state index contributed by atoms with van der Waals surface area (Å²) >= 11 is 0. The van der Waals surface area contributed by atoms with Crippen molar-refractivity contribution >= 4 is 11.5 Å². The van der Waals surface area contributed by atoms with Gasteiger partial charge in [0, 0.05) is 18.2 Å². The van der Waals surface area contributed by atoms with E-state index in [4.69, 9.17) is 4.74 Å². The Bertz CT molecular complexity index is 945. The predicted octanol–water partition coefficient (Wildman–Crippen LogP) is 2.77. The van der Waals surface area contributed by atoms with Gasteiger partial charge in [0.1, 0.15) is 5.75 Å². The summed E-state index contributed by atoms with van der Waals surface area (Å²) in [5.74, 6) is -1.12. The second kappa shape index (κ2) is 6.58. The van der Waals surface area contributed by atoms with E-state index < -0.39 is 11.5 Å². The second-order valence-electron chi connectivity index (χ2n) is 5.35. The molecule has 1 aromatic carbocycles. The molecule has 0 aliphatic rings. The van der Waals surface area contributed by atoms with E-state index in [9.17, 15) is 14.7 Å². The molecule has 3 aromatic rings. The highest BCUT2D eigenvalue weighted by atomic mass is 16.5. The van der Waals surface area contributed by atoms with Gasteiger partial charge in [-0.1, -0.05) is 36.4 Å². The third kappa shape index (κ3) is 2.76. The van der Waals surface area contributed by atoms with Crippen LogP contribution in [0.25, 0.3) is 5.52 Å². The van der Waals surface area contributed by atoms with Crippen LogP contribution in [0.4, 0.5) is 0 Å². The molecule has 122 valence electrons. The monoisotopic (exact) mass is 323 g/mol. The van der Waals surface area contributed by atoms with Crippen molar-refractivity contribution in [2.24, 2.45) is 0 Å². The molecule has 2 heterocycles. The number of hydrogen-bond acceptors (Lipinski definition) is 4. The van der Waals surface area contributed by atoms with Gasteiger partial charge in [0.2, 0.25) is 0 Å². The maximum Gasteiger partial charge on any atom is 0.347 e. The molecular formula is C19H17NO4. The van der Waals surface area contributed by atoms with E-state index in [-0.39, 0.29) is 17.9 Å². The van der Waals surface area contributed by atoms with Gasteiger partial charge in [0.05, 0.1) is 12.1 Å². The van der Waals surface area contributed by atoms with E-state index in [0.717, 1.165) is 5.56 Å². The van der Waals surface area contributed by atoms with E-state index in [1.807, 2.05) is 30.3 Å². The molecule has 0 saturated heterocycles. The lowest BCUT2D eigenvalue weighted by molar-refractivity contribution is 0.0520. The van der Waals surface area contributed by atoms with Crippen LogP contribution in [0, 0.1) is 0 Å². The molecule has 0 atom stereocenters. The summed E-state index contributed by atoms with van der Waals surface area (Å²) in [6.07, 6.45) is 1.97.